The summed E-state index contributed by atoms with van der Waals surface area (Å²) in [5, 5.41) is 3.90. The van der Waals surface area contributed by atoms with Crippen LogP contribution in [0.5, 0.6) is 0 Å². The standard InChI is InChI=1S/C11H11FN2O2/c1-3-16-11(15)8-6-13-14-5-4-7(2)9(12)10(8)14/h4-6H,3H2,1-2H3. The molecule has 0 spiro atoms. The van der Waals surface area contributed by atoms with Crippen LogP contribution < -0.4 is 0 Å². The summed E-state index contributed by atoms with van der Waals surface area (Å²) in [5.74, 6) is -0.995. The van der Waals surface area contributed by atoms with Gasteiger partial charge in [0.05, 0.1) is 12.8 Å². The van der Waals surface area contributed by atoms with Gasteiger partial charge in [-0.25, -0.2) is 13.7 Å². The molecule has 2 heterocycles. The molecule has 0 aromatic carbocycles. The van der Waals surface area contributed by atoms with Crippen molar-refractivity contribution >= 4 is 11.5 Å². The number of ether oxygens (including phenoxy) is 1. The maximum absolute atomic E-state index is 13.8. The first kappa shape index (κ1) is 10.6. The second kappa shape index (κ2) is 3.92. The summed E-state index contributed by atoms with van der Waals surface area (Å²) in [6.07, 6.45) is 2.92. The molecule has 0 saturated carbocycles. The smallest absolute Gasteiger partial charge is 0.342 e. The highest BCUT2D eigenvalue weighted by Crippen LogP contribution is 2.18. The molecule has 2 aromatic rings. The van der Waals surface area contributed by atoms with Crippen molar-refractivity contribution in [1.29, 1.82) is 0 Å². The molecular formula is C11H11FN2O2. The van der Waals surface area contributed by atoms with Crippen LogP contribution in [0.15, 0.2) is 18.5 Å². The van der Waals surface area contributed by atoms with Crippen molar-refractivity contribution in [1.82, 2.24) is 9.61 Å². The Balaban J connectivity index is 2.63. The van der Waals surface area contributed by atoms with E-state index in [1.165, 1.54) is 10.7 Å². The van der Waals surface area contributed by atoms with Crippen molar-refractivity contribution in [2.24, 2.45) is 0 Å². The number of pyridine rings is 1. The molecular weight excluding hydrogens is 211 g/mol. The third kappa shape index (κ3) is 1.54. The minimum Gasteiger partial charge on any atom is -0.462 e. The summed E-state index contributed by atoms with van der Waals surface area (Å²) >= 11 is 0. The summed E-state index contributed by atoms with van der Waals surface area (Å²) in [4.78, 5) is 11.5. The molecule has 0 aliphatic rings. The molecule has 0 amide bonds. The second-order valence-electron chi connectivity index (χ2n) is 3.38. The lowest BCUT2D eigenvalue weighted by Crippen LogP contribution is -2.05. The Kier molecular flexibility index (Phi) is 2.60. The summed E-state index contributed by atoms with van der Waals surface area (Å²) in [7, 11) is 0. The van der Waals surface area contributed by atoms with Gasteiger partial charge in [0.15, 0.2) is 5.82 Å². The van der Waals surface area contributed by atoms with Gasteiger partial charge in [-0.2, -0.15) is 5.10 Å². The third-order valence-corrected chi connectivity index (χ3v) is 2.31. The first-order valence-corrected chi connectivity index (χ1v) is 4.94. The molecule has 0 fully saturated rings. The van der Waals surface area contributed by atoms with Crippen molar-refractivity contribution in [2.45, 2.75) is 13.8 Å². The van der Waals surface area contributed by atoms with E-state index in [4.69, 9.17) is 4.74 Å². The number of hydrogen-bond donors (Lipinski definition) is 0. The number of esters is 1. The average Bonchev–Trinajstić information content (AvgIpc) is 2.68. The highest BCUT2D eigenvalue weighted by molar-refractivity contribution is 5.97. The molecule has 5 heteroatoms. The Morgan fingerprint density at radius 1 is 1.62 bits per heavy atom. The Hall–Kier alpha value is -1.91. The van der Waals surface area contributed by atoms with E-state index in [1.54, 1.807) is 26.1 Å². The number of rotatable bonds is 2. The molecule has 0 aliphatic heterocycles. The van der Waals surface area contributed by atoms with Gasteiger partial charge in [0.25, 0.3) is 0 Å². The molecule has 2 aromatic heterocycles. The van der Waals surface area contributed by atoms with Gasteiger partial charge >= 0.3 is 5.97 Å². The van der Waals surface area contributed by atoms with Gasteiger partial charge in [-0.15, -0.1) is 0 Å². The van der Waals surface area contributed by atoms with Crippen LogP contribution in [0.1, 0.15) is 22.8 Å². The highest BCUT2D eigenvalue weighted by atomic mass is 19.1. The van der Waals surface area contributed by atoms with Crippen LogP contribution in [-0.4, -0.2) is 22.2 Å². The monoisotopic (exact) mass is 222 g/mol. The van der Waals surface area contributed by atoms with Gasteiger partial charge in [0, 0.05) is 6.20 Å². The zero-order valence-electron chi connectivity index (χ0n) is 9.03. The van der Waals surface area contributed by atoms with Gasteiger partial charge in [-0.3, -0.25) is 0 Å². The normalized spacial score (nSPS) is 10.7. The van der Waals surface area contributed by atoms with E-state index in [0.717, 1.165) is 0 Å². The molecule has 4 nitrogen and oxygen atoms in total. The van der Waals surface area contributed by atoms with Crippen LogP contribution in [0.3, 0.4) is 0 Å². The lowest BCUT2D eigenvalue weighted by Gasteiger charge is -2.02. The molecule has 0 N–H and O–H groups in total. The topological polar surface area (TPSA) is 43.6 Å². The fraction of sp³-hybridized carbons (Fsp3) is 0.273. The van der Waals surface area contributed by atoms with Crippen LogP contribution in [0, 0.1) is 12.7 Å². The molecule has 0 bridgehead atoms. The van der Waals surface area contributed by atoms with E-state index >= 15 is 0 Å². The van der Waals surface area contributed by atoms with Gasteiger partial charge in [0.2, 0.25) is 0 Å². The van der Waals surface area contributed by atoms with Crippen molar-refractivity contribution < 1.29 is 13.9 Å². The molecule has 0 saturated heterocycles. The summed E-state index contributed by atoms with van der Waals surface area (Å²) < 4.78 is 20.0. The van der Waals surface area contributed by atoms with Crippen molar-refractivity contribution in [2.75, 3.05) is 6.61 Å². The third-order valence-electron chi connectivity index (χ3n) is 2.31. The minimum absolute atomic E-state index is 0.156. The zero-order valence-corrected chi connectivity index (χ0v) is 9.03. The van der Waals surface area contributed by atoms with E-state index in [0.29, 0.717) is 5.56 Å². The van der Waals surface area contributed by atoms with E-state index < -0.39 is 11.8 Å². The van der Waals surface area contributed by atoms with E-state index in [9.17, 15) is 9.18 Å². The summed E-state index contributed by atoms with van der Waals surface area (Å²) in [6.45, 7) is 3.59. The number of halogens is 1. The zero-order chi connectivity index (χ0) is 11.7. The predicted octanol–water partition coefficient (Wildman–Crippen LogP) is 1.96. The number of carbonyl (C=O) groups excluding carboxylic acids is 1. The van der Waals surface area contributed by atoms with E-state index in [1.807, 2.05) is 0 Å². The maximum Gasteiger partial charge on any atom is 0.342 e. The number of fused-ring (bicyclic) bond motifs is 1. The van der Waals surface area contributed by atoms with Crippen molar-refractivity contribution in [3.8, 4) is 0 Å². The lowest BCUT2D eigenvalue weighted by molar-refractivity contribution is 0.0528. The molecule has 0 aliphatic carbocycles. The van der Waals surface area contributed by atoms with Crippen LogP contribution in [0.25, 0.3) is 5.52 Å². The van der Waals surface area contributed by atoms with Crippen LogP contribution >= 0.6 is 0 Å². The first-order valence-electron chi connectivity index (χ1n) is 4.94. The Morgan fingerprint density at radius 2 is 2.38 bits per heavy atom. The van der Waals surface area contributed by atoms with Crippen LogP contribution in [-0.2, 0) is 4.74 Å². The molecule has 0 radical (unpaired) electrons. The van der Waals surface area contributed by atoms with Crippen molar-refractivity contribution in [3.63, 3.8) is 0 Å². The minimum atomic E-state index is -0.554. The Labute approximate surface area is 91.6 Å². The van der Waals surface area contributed by atoms with E-state index in [2.05, 4.69) is 5.10 Å². The molecule has 0 unspecified atom stereocenters. The van der Waals surface area contributed by atoms with Crippen LogP contribution in [0.4, 0.5) is 4.39 Å². The second-order valence-corrected chi connectivity index (χ2v) is 3.38. The maximum atomic E-state index is 13.8. The first-order chi connectivity index (χ1) is 7.65. The molecule has 84 valence electrons. The number of carbonyl (C=O) groups is 1. The summed E-state index contributed by atoms with van der Waals surface area (Å²) in [5.41, 5.74) is 0.792. The molecule has 2 rings (SSSR count). The summed E-state index contributed by atoms with van der Waals surface area (Å²) in [6, 6.07) is 1.60. The number of hydrogen-bond acceptors (Lipinski definition) is 3. The van der Waals surface area contributed by atoms with Gasteiger partial charge in [-0.1, -0.05) is 0 Å². The largest absolute Gasteiger partial charge is 0.462 e. The fourth-order valence-electron chi connectivity index (χ4n) is 1.49. The number of aromatic nitrogens is 2. The average molecular weight is 222 g/mol. The Bertz CT molecular complexity index is 548. The predicted molar refractivity (Wildman–Crippen MR) is 55.8 cm³/mol. The Morgan fingerprint density at radius 3 is 3.06 bits per heavy atom. The SMILES string of the molecule is CCOC(=O)c1cnn2ccc(C)c(F)c12. The number of aryl methyl sites for hydroxylation is 1. The molecule has 16 heavy (non-hydrogen) atoms. The fourth-order valence-corrected chi connectivity index (χ4v) is 1.49. The van der Waals surface area contributed by atoms with Gasteiger partial charge < -0.3 is 4.74 Å². The van der Waals surface area contributed by atoms with Crippen LogP contribution in [0.2, 0.25) is 0 Å². The number of nitrogens with zero attached hydrogens (tertiary/aromatic N) is 2. The van der Waals surface area contributed by atoms with Gasteiger partial charge in [-0.05, 0) is 25.5 Å². The molecule has 0 atom stereocenters. The quantitative estimate of drug-likeness (QED) is 0.729. The van der Waals surface area contributed by atoms with Crippen molar-refractivity contribution in [3.05, 3.63) is 35.4 Å². The van der Waals surface area contributed by atoms with E-state index in [-0.39, 0.29) is 17.7 Å². The lowest BCUT2D eigenvalue weighted by atomic mass is 10.2. The van der Waals surface area contributed by atoms with Gasteiger partial charge in [0.1, 0.15) is 11.1 Å². The highest BCUT2D eigenvalue weighted by Gasteiger charge is 2.17.